The maximum atomic E-state index is 7.57. The molecule has 1 aromatic carbocycles. The average molecular weight is 333 g/mol. The number of hydrogen-bond acceptors (Lipinski definition) is 4. The van der Waals surface area contributed by atoms with Crippen LogP contribution in [0.1, 0.15) is 14.7 Å². The van der Waals surface area contributed by atoms with Gasteiger partial charge in [0.1, 0.15) is 5.58 Å². The second kappa shape index (κ2) is 4.89. The molecule has 0 bridgehead atoms. The number of furan rings is 1. The van der Waals surface area contributed by atoms with Crippen LogP contribution in [-0.2, 0) is 0 Å². The highest BCUT2D eigenvalue weighted by Gasteiger charge is 2.16. The monoisotopic (exact) mass is 333 g/mol. The van der Waals surface area contributed by atoms with Gasteiger partial charge in [0.2, 0.25) is 5.71 Å². The molecule has 0 amide bonds. The Balaban J connectivity index is 1.82. The van der Waals surface area contributed by atoms with Crippen molar-refractivity contribution in [1.29, 1.82) is 0 Å². The van der Waals surface area contributed by atoms with Crippen LogP contribution < -0.4 is 0 Å². The van der Waals surface area contributed by atoms with Crippen LogP contribution in [0.3, 0.4) is 0 Å². The first-order valence-corrected chi connectivity index (χ1v) is 8.42. The van der Waals surface area contributed by atoms with Gasteiger partial charge in [0, 0.05) is 37.2 Å². The summed E-state index contributed by atoms with van der Waals surface area (Å²) in [4.78, 5) is 10.1. The van der Waals surface area contributed by atoms with Gasteiger partial charge in [-0.05, 0) is 49.5 Å². The molecule has 0 aliphatic heterocycles. The first-order valence-electron chi connectivity index (χ1n) is 9.10. The van der Waals surface area contributed by atoms with E-state index in [1.807, 2.05) is 24.3 Å². The van der Waals surface area contributed by atoms with Crippen molar-refractivity contribution in [3.8, 4) is 11.3 Å². The van der Waals surface area contributed by atoms with E-state index in [-0.39, 0.29) is 5.69 Å². The fourth-order valence-corrected chi connectivity index (χ4v) is 4.16. The molecular weight excluding hydrogens is 316 g/mol. The van der Waals surface area contributed by atoms with E-state index in [4.69, 9.17) is 8.53 Å². The van der Waals surface area contributed by atoms with Crippen molar-refractivity contribution in [3.05, 3.63) is 59.2 Å². The summed E-state index contributed by atoms with van der Waals surface area (Å²) >= 11 is 1.70. The molecule has 4 heterocycles. The first-order chi connectivity index (χ1) is 12.9. The Bertz CT molecular complexity index is 1330. The van der Waals surface area contributed by atoms with Gasteiger partial charge >= 0.3 is 0 Å². The summed E-state index contributed by atoms with van der Waals surface area (Å²) in [6, 6.07) is 13.4. The van der Waals surface area contributed by atoms with E-state index in [1.54, 1.807) is 29.7 Å². The number of aromatic nitrogens is 2. The zero-order chi connectivity index (χ0) is 18.8. The van der Waals surface area contributed by atoms with Crippen LogP contribution in [0.15, 0.2) is 53.1 Å². The van der Waals surface area contributed by atoms with Gasteiger partial charge in [-0.25, -0.2) is 4.98 Å². The Morgan fingerprint density at radius 3 is 3.00 bits per heavy atom. The van der Waals surface area contributed by atoms with Crippen LogP contribution in [0, 0.1) is 13.8 Å². The van der Waals surface area contributed by atoms with Crippen LogP contribution in [0.2, 0.25) is 0 Å². The van der Waals surface area contributed by atoms with Gasteiger partial charge in [0.05, 0.1) is 10.4 Å². The first kappa shape index (κ1) is 10.9. The van der Waals surface area contributed by atoms with Crippen molar-refractivity contribution in [1.82, 2.24) is 9.97 Å². The molecule has 5 aromatic rings. The second-order valence-corrected chi connectivity index (χ2v) is 7.02. The standard InChI is InChI=1S/C20H14N2OS/c1-11-6-7-15-14-4-3-5-16(18(14)23-20(15)22-11)17-19-13(8-9-21-17)10-12(2)24-19/h3-10H,1-2H3/i1D3. The fraction of sp³-hybridized carbons (Fsp3) is 0.100. The van der Waals surface area contributed by atoms with Gasteiger partial charge in [-0.3, -0.25) is 4.98 Å². The lowest BCUT2D eigenvalue weighted by atomic mass is 10.1. The molecule has 0 spiro atoms. The Kier molecular flexibility index (Phi) is 2.23. The third kappa shape index (κ3) is 1.90. The summed E-state index contributed by atoms with van der Waals surface area (Å²) < 4.78 is 29.9. The number of pyridine rings is 2. The zero-order valence-electron chi connectivity index (χ0n) is 15.8. The van der Waals surface area contributed by atoms with E-state index >= 15 is 0 Å². The fourth-order valence-electron chi connectivity index (χ4n) is 3.15. The van der Waals surface area contributed by atoms with Gasteiger partial charge in [-0.1, -0.05) is 12.1 Å². The lowest BCUT2D eigenvalue weighted by Crippen LogP contribution is -1.83. The van der Waals surface area contributed by atoms with Crippen molar-refractivity contribution in [3.63, 3.8) is 0 Å². The van der Waals surface area contributed by atoms with Crippen molar-refractivity contribution < 1.29 is 8.53 Å². The molecule has 5 rings (SSSR count). The normalized spacial score (nSPS) is 14.1. The van der Waals surface area contributed by atoms with Gasteiger partial charge in [-0.2, -0.15) is 0 Å². The predicted molar refractivity (Wildman–Crippen MR) is 99.6 cm³/mol. The zero-order valence-corrected chi connectivity index (χ0v) is 13.6. The largest absolute Gasteiger partial charge is 0.437 e. The van der Waals surface area contributed by atoms with Crippen molar-refractivity contribution in [2.45, 2.75) is 13.8 Å². The SMILES string of the molecule is [2H]C([2H])([2H])c1ccc2c(n1)oc1c(-c3nccc4cc(C)sc34)cccc12. The smallest absolute Gasteiger partial charge is 0.227 e. The molecule has 116 valence electrons. The predicted octanol–water partition coefficient (Wildman–Crippen LogP) is 5.87. The van der Waals surface area contributed by atoms with Crippen LogP contribution in [-0.4, -0.2) is 9.97 Å². The minimum absolute atomic E-state index is 0.0321. The topological polar surface area (TPSA) is 38.9 Å². The molecular formula is C20H14N2OS. The lowest BCUT2D eigenvalue weighted by Gasteiger charge is -2.03. The molecule has 0 aliphatic rings. The van der Waals surface area contributed by atoms with Crippen LogP contribution >= 0.6 is 11.3 Å². The molecule has 0 aliphatic carbocycles. The minimum Gasteiger partial charge on any atom is -0.437 e. The van der Waals surface area contributed by atoms with Gasteiger partial charge in [0.25, 0.3) is 0 Å². The van der Waals surface area contributed by atoms with E-state index < -0.39 is 6.85 Å². The molecule has 24 heavy (non-hydrogen) atoms. The summed E-state index contributed by atoms with van der Waals surface area (Å²) in [6.45, 7) is -0.186. The molecule has 0 saturated heterocycles. The Morgan fingerprint density at radius 2 is 2.08 bits per heavy atom. The molecule has 4 heteroatoms. The van der Waals surface area contributed by atoms with Gasteiger partial charge in [-0.15, -0.1) is 11.3 Å². The van der Waals surface area contributed by atoms with Crippen molar-refractivity contribution in [2.24, 2.45) is 0 Å². The van der Waals surface area contributed by atoms with Crippen molar-refractivity contribution >= 4 is 43.5 Å². The number of aryl methyl sites for hydroxylation is 2. The molecule has 0 atom stereocenters. The summed E-state index contributed by atoms with van der Waals surface area (Å²) in [5.41, 5.74) is 2.79. The molecule has 0 N–H and O–H groups in total. The second-order valence-electron chi connectivity index (χ2n) is 5.77. The third-order valence-electron chi connectivity index (χ3n) is 4.18. The van der Waals surface area contributed by atoms with E-state index in [9.17, 15) is 0 Å². The molecule has 3 nitrogen and oxygen atoms in total. The molecule has 0 radical (unpaired) electrons. The Morgan fingerprint density at radius 1 is 1.12 bits per heavy atom. The highest BCUT2D eigenvalue weighted by Crippen LogP contribution is 2.39. The summed E-state index contributed by atoms with van der Waals surface area (Å²) in [7, 11) is 0. The molecule has 0 fully saturated rings. The highest BCUT2D eigenvalue weighted by molar-refractivity contribution is 7.19. The lowest BCUT2D eigenvalue weighted by molar-refractivity contribution is 0.653. The van der Waals surface area contributed by atoms with Crippen LogP contribution in [0.25, 0.3) is 43.4 Å². The van der Waals surface area contributed by atoms with E-state index in [2.05, 4.69) is 23.0 Å². The summed E-state index contributed by atoms with van der Waals surface area (Å²) in [5.74, 6) is 0. The highest BCUT2D eigenvalue weighted by atomic mass is 32.1. The van der Waals surface area contributed by atoms with Gasteiger partial charge < -0.3 is 4.42 Å². The van der Waals surface area contributed by atoms with Crippen molar-refractivity contribution in [2.75, 3.05) is 0 Å². The number of hydrogen-bond donors (Lipinski definition) is 0. The van der Waals surface area contributed by atoms with Crippen LogP contribution in [0.5, 0.6) is 0 Å². The minimum atomic E-state index is -2.27. The Hall–Kier alpha value is -2.72. The number of rotatable bonds is 1. The Labute approximate surface area is 146 Å². The van der Waals surface area contributed by atoms with E-state index in [1.165, 1.54) is 4.88 Å². The summed E-state index contributed by atoms with van der Waals surface area (Å²) in [6.07, 6.45) is 1.80. The number of benzene rings is 1. The molecule has 0 saturated carbocycles. The number of thiophene rings is 1. The molecule has 0 unspecified atom stereocenters. The quantitative estimate of drug-likeness (QED) is 0.385. The third-order valence-corrected chi connectivity index (χ3v) is 5.25. The van der Waals surface area contributed by atoms with Crippen LogP contribution in [0.4, 0.5) is 0 Å². The maximum absolute atomic E-state index is 7.57. The van der Waals surface area contributed by atoms with Gasteiger partial charge in [0.15, 0.2) is 0 Å². The summed E-state index contributed by atoms with van der Waals surface area (Å²) in [5, 5.41) is 2.85. The number of fused-ring (bicyclic) bond motifs is 4. The number of para-hydroxylation sites is 1. The van der Waals surface area contributed by atoms with E-state index in [0.29, 0.717) is 11.3 Å². The average Bonchev–Trinajstić information content (AvgIpc) is 3.19. The van der Waals surface area contributed by atoms with E-state index in [0.717, 1.165) is 32.1 Å². The number of nitrogens with zero attached hydrogens (tertiary/aromatic N) is 2. The molecule has 4 aromatic heterocycles. The maximum Gasteiger partial charge on any atom is 0.227 e.